The van der Waals surface area contributed by atoms with Gasteiger partial charge >= 0.3 is 0 Å². The van der Waals surface area contributed by atoms with Gasteiger partial charge in [0.25, 0.3) is 0 Å². The molecule has 1 fully saturated rings. The monoisotopic (exact) mass is 314 g/mol. The highest BCUT2D eigenvalue weighted by Gasteiger charge is 2.30. The Bertz CT molecular complexity index is 577. The Hall–Kier alpha value is -0.720. The van der Waals surface area contributed by atoms with Crippen molar-refractivity contribution in [3.05, 3.63) is 23.8 Å². The van der Waals surface area contributed by atoms with Gasteiger partial charge in [0, 0.05) is 29.3 Å². The molecule has 0 unspecified atom stereocenters. The summed E-state index contributed by atoms with van der Waals surface area (Å²) in [6.07, 6.45) is 0.859. The molecule has 4 nitrogen and oxygen atoms in total. The minimum atomic E-state index is -3.44. The number of aryl methyl sites for hydroxylation is 1. The van der Waals surface area contributed by atoms with Crippen LogP contribution in [0.25, 0.3) is 0 Å². The second kappa shape index (κ2) is 5.58. The maximum absolute atomic E-state index is 12.7. The number of thioether (sulfide) groups is 1. The van der Waals surface area contributed by atoms with E-state index in [1.807, 2.05) is 18.7 Å². The van der Waals surface area contributed by atoms with Crippen LogP contribution in [0, 0.1) is 6.92 Å². The third-order valence-corrected chi connectivity index (χ3v) is 6.76. The highest BCUT2D eigenvalue weighted by molar-refractivity contribution is 8.00. The molecule has 2 rings (SSSR count). The van der Waals surface area contributed by atoms with E-state index in [-0.39, 0.29) is 4.75 Å². The molecule has 1 aromatic carbocycles. The smallest absolute Gasteiger partial charge is 0.243 e. The molecule has 0 atom stereocenters. The fraction of sp³-hybridized carbons (Fsp3) is 0.571. The molecule has 0 aromatic heterocycles. The van der Waals surface area contributed by atoms with E-state index in [2.05, 4.69) is 13.8 Å². The van der Waals surface area contributed by atoms with Crippen LogP contribution < -0.4 is 5.73 Å². The van der Waals surface area contributed by atoms with Gasteiger partial charge in [-0.1, -0.05) is 13.8 Å². The molecule has 0 spiro atoms. The van der Waals surface area contributed by atoms with E-state index in [9.17, 15) is 8.42 Å². The van der Waals surface area contributed by atoms with Crippen LogP contribution in [0.1, 0.15) is 25.8 Å². The largest absolute Gasteiger partial charge is 0.399 e. The molecule has 1 aromatic rings. The number of hydrogen-bond acceptors (Lipinski definition) is 4. The Balaban J connectivity index is 2.30. The van der Waals surface area contributed by atoms with Crippen LogP contribution in [0.4, 0.5) is 5.69 Å². The maximum atomic E-state index is 12.7. The summed E-state index contributed by atoms with van der Waals surface area (Å²) >= 11 is 1.83. The van der Waals surface area contributed by atoms with Crippen molar-refractivity contribution in [3.8, 4) is 0 Å². The zero-order valence-corrected chi connectivity index (χ0v) is 13.9. The Labute approximate surface area is 125 Å². The van der Waals surface area contributed by atoms with Crippen LogP contribution in [0.2, 0.25) is 0 Å². The highest BCUT2D eigenvalue weighted by atomic mass is 32.2. The molecule has 20 heavy (non-hydrogen) atoms. The summed E-state index contributed by atoms with van der Waals surface area (Å²) in [5, 5.41) is 0. The summed E-state index contributed by atoms with van der Waals surface area (Å²) in [6.45, 7) is 7.31. The van der Waals surface area contributed by atoms with E-state index in [0.717, 1.165) is 17.7 Å². The standard InChI is InChI=1S/C14H22N2O2S2/c1-11-8-12(15)10-13(9-11)20(17,18)16-5-4-14(2,3)19-7-6-16/h8-10H,4-7,15H2,1-3H3. The molecule has 0 amide bonds. The summed E-state index contributed by atoms with van der Waals surface area (Å²) in [4.78, 5) is 0.305. The molecule has 1 heterocycles. The topological polar surface area (TPSA) is 63.4 Å². The number of nitrogens with two attached hydrogens (primary N) is 1. The molecule has 0 saturated carbocycles. The van der Waals surface area contributed by atoms with Crippen LogP contribution in [-0.4, -0.2) is 36.3 Å². The van der Waals surface area contributed by atoms with Crippen molar-refractivity contribution in [2.45, 2.75) is 36.8 Å². The van der Waals surface area contributed by atoms with E-state index in [1.165, 1.54) is 0 Å². The molecule has 1 aliphatic heterocycles. The predicted octanol–water partition coefficient (Wildman–Crippen LogP) is 2.48. The lowest BCUT2D eigenvalue weighted by Crippen LogP contribution is -2.33. The molecule has 6 heteroatoms. The second-order valence-corrected chi connectivity index (χ2v) is 9.58. The Morgan fingerprint density at radius 2 is 1.95 bits per heavy atom. The van der Waals surface area contributed by atoms with E-state index in [0.29, 0.717) is 23.7 Å². The van der Waals surface area contributed by atoms with Gasteiger partial charge in [-0.05, 0) is 37.1 Å². The first-order valence-electron chi connectivity index (χ1n) is 6.72. The van der Waals surface area contributed by atoms with Crippen molar-refractivity contribution >= 4 is 27.5 Å². The number of nitrogen functional groups attached to an aromatic ring is 1. The van der Waals surface area contributed by atoms with Crippen molar-refractivity contribution in [2.24, 2.45) is 0 Å². The number of anilines is 1. The summed E-state index contributed by atoms with van der Waals surface area (Å²) in [7, 11) is -3.44. The average molecular weight is 314 g/mol. The van der Waals surface area contributed by atoms with Gasteiger partial charge in [0.05, 0.1) is 4.90 Å². The first-order chi connectivity index (χ1) is 9.21. The lowest BCUT2D eigenvalue weighted by molar-refractivity contribution is 0.415. The fourth-order valence-electron chi connectivity index (χ4n) is 2.32. The summed E-state index contributed by atoms with van der Waals surface area (Å²) < 4.78 is 27.2. The van der Waals surface area contributed by atoms with Crippen molar-refractivity contribution in [3.63, 3.8) is 0 Å². The summed E-state index contributed by atoms with van der Waals surface area (Å²) in [5.41, 5.74) is 7.13. The number of sulfonamides is 1. The van der Waals surface area contributed by atoms with Gasteiger partial charge in [-0.15, -0.1) is 0 Å². The molecule has 2 N–H and O–H groups in total. The van der Waals surface area contributed by atoms with Crippen LogP contribution >= 0.6 is 11.8 Å². The van der Waals surface area contributed by atoms with Crippen LogP contribution in [0.5, 0.6) is 0 Å². The van der Waals surface area contributed by atoms with E-state index < -0.39 is 10.0 Å². The minimum Gasteiger partial charge on any atom is -0.399 e. The normalized spacial score (nSPS) is 20.6. The van der Waals surface area contributed by atoms with Crippen molar-refractivity contribution in [1.82, 2.24) is 4.31 Å². The Kier molecular flexibility index (Phi) is 4.37. The number of benzene rings is 1. The number of hydrogen-bond donors (Lipinski definition) is 1. The van der Waals surface area contributed by atoms with Gasteiger partial charge in [-0.3, -0.25) is 0 Å². The molecule has 0 radical (unpaired) electrons. The quantitative estimate of drug-likeness (QED) is 0.852. The first-order valence-corrected chi connectivity index (χ1v) is 9.15. The number of nitrogens with zero attached hydrogens (tertiary/aromatic N) is 1. The second-order valence-electron chi connectivity index (χ2n) is 5.84. The fourth-order valence-corrected chi connectivity index (χ4v) is 5.11. The third kappa shape index (κ3) is 3.48. The van der Waals surface area contributed by atoms with Gasteiger partial charge in [0.15, 0.2) is 0 Å². The van der Waals surface area contributed by atoms with E-state index >= 15 is 0 Å². The first kappa shape index (κ1) is 15.7. The van der Waals surface area contributed by atoms with Gasteiger partial charge < -0.3 is 5.73 Å². The molecule has 1 aliphatic rings. The van der Waals surface area contributed by atoms with Crippen molar-refractivity contribution in [2.75, 3.05) is 24.6 Å². The Morgan fingerprint density at radius 3 is 2.60 bits per heavy atom. The van der Waals surface area contributed by atoms with Gasteiger partial charge in [-0.2, -0.15) is 16.1 Å². The average Bonchev–Trinajstić information content (AvgIpc) is 2.49. The zero-order chi connectivity index (χ0) is 15.0. The maximum Gasteiger partial charge on any atom is 0.243 e. The SMILES string of the molecule is Cc1cc(N)cc(S(=O)(=O)N2CCSC(C)(C)CC2)c1. The van der Waals surface area contributed by atoms with Gasteiger partial charge in [-0.25, -0.2) is 8.42 Å². The van der Waals surface area contributed by atoms with E-state index in [4.69, 9.17) is 5.73 Å². The third-order valence-electron chi connectivity index (χ3n) is 3.51. The minimum absolute atomic E-state index is 0.135. The lowest BCUT2D eigenvalue weighted by Gasteiger charge is -2.22. The van der Waals surface area contributed by atoms with E-state index in [1.54, 1.807) is 22.5 Å². The molecule has 0 aliphatic carbocycles. The van der Waals surface area contributed by atoms with Gasteiger partial charge in [0.1, 0.15) is 0 Å². The van der Waals surface area contributed by atoms with Crippen molar-refractivity contribution in [1.29, 1.82) is 0 Å². The van der Waals surface area contributed by atoms with Crippen LogP contribution in [0.15, 0.2) is 23.1 Å². The lowest BCUT2D eigenvalue weighted by atomic mass is 10.1. The van der Waals surface area contributed by atoms with Crippen molar-refractivity contribution < 1.29 is 8.42 Å². The summed E-state index contributed by atoms with van der Waals surface area (Å²) in [6, 6.07) is 5.01. The van der Waals surface area contributed by atoms with Crippen LogP contribution in [-0.2, 0) is 10.0 Å². The zero-order valence-electron chi connectivity index (χ0n) is 12.2. The molecular weight excluding hydrogens is 292 g/mol. The summed E-state index contributed by atoms with van der Waals surface area (Å²) in [5.74, 6) is 0.827. The Morgan fingerprint density at radius 1 is 1.25 bits per heavy atom. The van der Waals surface area contributed by atoms with Gasteiger partial charge in [0.2, 0.25) is 10.0 Å². The number of rotatable bonds is 2. The molecule has 1 saturated heterocycles. The van der Waals surface area contributed by atoms with Crippen LogP contribution in [0.3, 0.4) is 0 Å². The molecule has 112 valence electrons. The molecule has 0 bridgehead atoms. The molecular formula is C14H22N2O2S2. The highest BCUT2D eigenvalue weighted by Crippen LogP contribution is 2.32. The predicted molar refractivity (Wildman–Crippen MR) is 85.5 cm³/mol.